The summed E-state index contributed by atoms with van der Waals surface area (Å²) in [6.07, 6.45) is 2.87. The highest BCUT2D eigenvalue weighted by Crippen LogP contribution is 2.24. The molecule has 0 fully saturated rings. The van der Waals surface area contributed by atoms with Crippen LogP contribution in [0.1, 0.15) is 32.0 Å². The molecule has 3 nitrogen and oxygen atoms in total. The first-order chi connectivity index (χ1) is 10.2. The number of aromatic nitrogens is 1. The van der Waals surface area contributed by atoms with Crippen LogP contribution in [-0.2, 0) is 0 Å². The lowest BCUT2D eigenvalue weighted by molar-refractivity contribution is 0.525. The van der Waals surface area contributed by atoms with E-state index in [-0.39, 0.29) is 5.82 Å². The Morgan fingerprint density at radius 2 is 1.76 bits per heavy atom. The van der Waals surface area contributed by atoms with Crippen LogP contribution in [0.2, 0.25) is 0 Å². The van der Waals surface area contributed by atoms with E-state index in [1.54, 1.807) is 12.1 Å². The highest BCUT2D eigenvalue weighted by atomic mass is 19.1. The molecule has 1 atom stereocenters. The van der Waals surface area contributed by atoms with Crippen LogP contribution >= 0.6 is 0 Å². The number of rotatable bonds is 6. The van der Waals surface area contributed by atoms with Crippen LogP contribution < -0.4 is 10.2 Å². The summed E-state index contributed by atoms with van der Waals surface area (Å²) < 4.78 is 13.0. The maximum Gasteiger partial charge on any atom is 0.123 e. The molecule has 0 saturated carbocycles. The molecule has 0 bridgehead atoms. The summed E-state index contributed by atoms with van der Waals surface area (Å²) in [4.78, 5) is 6.54. The van der Waals surface area contributed by atoms with Crippen LogP contribution in [-0.4, -0.2) is 18.6 Å². The Labute approximate surface area is 125 Å². The summed E-state index contributed by atoms with van der Waals surface area (Å²) >= 11 is 0. The molecule has 1 aromatic heterocycles. The quantitative estimate of drug-likeness (QED) is 0.868. The van der Waals surface area contributed by atoms with E-state index in [1.807, 2.05) is 30.3 Å². The van der Waals surface area contributed by atoms with Crippen molar-refractivity contribution >= 4 is 11.4 Å². The molecule has 21 heavy (non-hydrogen) atoms. The minimum atomic E-state index is -0.225. The smallest absolute Gasteiger partial charge is 0.123 e. The van der Waals surface area contributed by atoms with Gasteiger partial charge in [0.15, 0.2) is 0 Å². The molecule has 0 aliphatic carbocycles. The van der Waals surface area contributed by atoms with Crippen molar-refractivity contribution in [2.24, 2.45) is 0 Å². The van der Waals surface area contributed by atoms with Gasteiger partial charge in [-0.3, -0.25) is 4.98 Å². The van der Waals surface area contributed by atoms with Crippen LogP contribution in [0.25, 0.3) is 0 Å². The molecule has 112 valence electrons. The fourth-order valence-electron chi connectivity index (χ4n) is 2.32. The van der Waals surface area contributed by atoms with Crippen molar-refractivity contribution in [1.29, 1.82) is 0 Å². The van der Waals surface area contributed by atoms with Gasteiger partial charge in [0.1, 0.15) is 5.82 Å². The van der Waals surface area contributed by atoms with E-state index in [1.165, 1.54) is 12.1 Å². The van der Waals surface area contributed by atoms with Crippen molar-refractivity contribution in [1.82, 2.24) is 10.3 Å². The lowest BCUT2D eigenvalue weighted by Crippen LogP contribution is -2.21. The zero-order valence-corrected chi connectivity index (χ0v) is 12.8. The molecule has 1 N–H and O–H groups in total. The highest BCUT2D eigenvalue weighted by molar-refractivity contribution is 5.61. The summed E-state index contributed by atoms with van der Waals surface area (Å²) in [5.41, 5.74) is 2.97. The second-order valence-corrected chi connectivity index (χ2v) is 5.00. The maximum atomic E-state index is 13.0. The van der Waals surface area contributed by atoms with Crippen molar-refractivity contribution in [3.05, 3.63) is 54.1 Å². The number of anilines is 2. The third-order valence-corrected chi connectivity index (χ3v) is 3.59. The predicted octanol–water partition coefficient (Wildman–Crippen LogP) is 4.05. The summed E-state index contributed by atoms with van der Waals surface area (Å²) in [6.45, 7) is 5.17. The molecule has 1 unspecified atom stereocenters. The maximum absolute atomic E-state index is 13.0. The van der Waals surface area contributed by atoms with Gasteiger partial charge in [-0.05, 0) is 49.4 Å². The molecule has 0 amide bonds. The Bertz CT molecular complexity index is 551. The Balaban J connectivity index is 2.16. The second-order valence-electron chi connectivity index (χ2n) is 5.00. The second kappa shape index (κ2) is 7.18. The Hall–Kier alpha value is -1.94. The Morgan fingerprint density at radius 3 is 2.29 bits per heavy atom. The zero-order chi connectivity index (χ0) is 15.2. The third-order valence-electron chi connectivity index (χ3n) is 3.59. The number of nitrogens with zero attached hydrogens (tertiary/aromatic N) is 2. The summed E-state index contributed by atoms with van der Waals surface area (Å²) in [6, 6.07) is 10.8. The molecule has 2 rings (SSSR count). The van der Waals surface area contributed by atoms with Gasteiger partial charge in [0, 0.05) is 18.8 Å². The third kappa shape index (κ3) is 3.79. The number of hydrogen-bond donors (Lipinski definition) is 1. The average molecular weight is 287 g/mol. The minimum Gasteiger partial charge on any atom is -0.343 e. The zero-order valence-electron chi connectivity index (χ0n) is 12.8. The fourth-order valence-corrected chi connectivity index (χ4v) is 2.32. The first-order valence-corrected chi connectivity index (χ1v) is 7.34. The van der Waals surface area contributed by atoms with Crippen LogP contribution in [0.15, 0.2) is 42.6 Å². The van der Waals surface area contributed by atoms with Crippen molar-refractivity contribution in [3.8, 4) is 0 Å². The molecule has 0 saturated heterocycles. The van der Waals surface area contributed by atoms with E-state index in [9.17, 15) is 4.39 Å². The molecule has 0 aliphatic rings. The van der Waals surface area contributed by atoms with Crippen molar-refractivity contribution < 1.29 is 4.39 Å². The van der Waals surface area contributed by atoms with Gasteiger partial charge in [0.2, 0.25) is 0 Å². The monoisotopic (exact) mass is 287 g/mol. The molecule has 0 aliphatic heterocycles. The van der Waals surface area contributed by atoms with Crippen LogP contribution in [0.5, 0.6) is 0 Å². The van der Waals surface area contributed by atoms with Crippen LogP contribution in [0, 0.1) is 5.82 Å². The number of pyridine rings is 1. The van der Waals surface area contributed by atoms with Gasteiger partial charge in [-0.1, -0.05) is 13.8 Å². The van der Waals surface area contributed by atoms with Gasteiger partial charge in [-0.2, -0.15) is 0 Å². The van der Waals surface area contributed by atoms with Gasteiger partial charge in [0.25, 0.3) is 0 Å². The normalized spacial score (nSPS) is 12.2. The van der Waals surface area contributed by atoms with E-state index in [0.29, 0.717) is 6.04 Å². The van der Waals surface area contributed by atoms with E-state index in [4.69, 9.17) is 0 Å². The Morgan fingerprint density at radius 1 is 1.10 bits per heavy atom. The average Bonchev–Trinajstić information content (AvgIpc) is 2.53. The van der Waals surface area contributed by atoms with Gasteiger partial charge in [0.05, 0.1) is 17.6 Å². The van der Waals surface area contributed by atoms with Gasteiger partial charge >= 0.3 is 0 Å². The topological polar surface area (TPSA) is 28.2 Å². The minimum absolute atomic E-state index is 0.225. The van der Waals surface area contributed by atoms with Crippen LogP contribution in [0.4, 0.5) is 15.8 Å². The van der Waals surface area contributed by atoms with Crippen molar-refractivity contribution in [2.45, 2.75) is 26.3 Å². The highest BCUT2D eigenvalue weighted by Gasteiger charge is 2.10. The molecule has 1 aromatic carbocycles. The molecule has 4 heteroatoms. The van der Waals surface area contributed by atoms with Gasteiger partial charge in [-0.15, -0.1) is 0 Å². The SMILES string of the molecule is CCNC(CC)c1ccc(N(C)c2ccc(F)cc2)cn1. The van der Waals surface area contributed by atoms with E-state index < -0.39 is 0 Å². The van der Waals surface area contributed by atoms with Gasteiger partial charge in [-0.25, -0.2) is 4.39 Å². The van der Waals surface area contributed by atoms with Crippen molar-refractivity contribution in [3.63, 3.8) is 0 Å². The summed E-state index contributed by atoms with van der Waals surface area (Å²) in [7, 11) is 1.95. The lowest BCUT2D eigenvalue weighted by Gasteiger charge is -2.21. The summed E-state index contributed by atoms with van der Waals surface area (Å²) in [5.74, 6) is -0.225. The lowest BCUT2D eigenvalue weighted by atomic mass is 10.1. The number of benzene rings is 1. The molecule has 0 spiro atoms. The molecular weight excluding hydrogens is 265 g/mol. The number of hydrogen-bond acceptors (Lipinski definition) is 3. The standard InChI is InChI=1S/C17H22FN3/c1-4-16(19-5-2)17-11-10-15(12-20-17)21(3)14-8-6-13(18)7-9-14/h6-12,16,19H,4-5H2,1-3H3. The van der Waals surface area contributed by atoms with Crippen molar-refractivity contribution in [2.75, 3.05) is 18.5 Å². The molecule has 1 heterocycles. The molecule has 2 aromatic rings. The van der Waals surface area contributed by atoms with E-state index >= 15 is 0 Å². The van der Waals surface area contributed by atoms with Gasteiger partial charge < -0.3 is 10.2 Å². The molecule has 0 radical (unpaired) electrons. The number of halogens is 1. The van der Waals surface area contributed by atoms with E-state index in [2.05, 4.69) is 24.1 Å². The molecular formula is C17H22FN3. The first-order valence-electron chi connectivity index (χ1n) is 7.34. The summed E-state index contributed by atoms with van der Waals surface area (Å²) in [5, 5.41) is 3.42. The fraction of sp³-hybridized carbons (Fsp3) is 0.353. The largest absolute Gasteiger partial charge is 0.343 e. The van der Waals surface area contributed by atoms with E-state index in [0.717, 1.165) is 30.0 Å². The predicted molar refractivity (Wildman–Crippen MR) is 85.4 cm³/mol. The number of nitrogens with one attached hydrogen (secondary N) is 1. The Kier molecular flexibility index (Phi) is 5.28. The first kappa shape index (κ1) is 15.4. The van der Waals surface area contributed by atoms with Crippen LogP contribution in [0.3, 0.4) is 0 Å².